The van der Waals surface area contributed by atoms with E-state index in [9.17, 15) is 0 Å². The van der Waals surface area contributed by atoms with Gasteiger partial charge in [0.15, 0.2) is 0 Å². The van der Waals surface area contributed by atoms with Gasteiger partial charge < -0.3 is 11.1 Å². The summed E-state index contributed by atoms with van der Waals surface area (Å²) < 4.78 is 0. The number of benzene rings is 1. The first-order valence-electron chi connectivity index (χ1n) is 4.38. The molecule has 1 aliphatic carbocycles. The van der Waals surface area contributed by atoms with Gasteiger partial charge in [-0.15, -0.1) is 0 Å². The van der Waals surface area contributed by atoms with Crippen LogP contribution in [-0.2, 0) is 0 Å². The molecule has 0 bridgehead atoms. The highest BCUT2D eigenvalue weighted by atomic mass is 14.9. The van der Waals surface area contributed by atoms with Crippen LogP contribution in [0.15, 0.2) is 18.2 Å². The van der Waals surface area contributed by atoms with E-state index in [-0.39, 0.29) is 0 Å². The molecule has 2 rings (SSSR count). The second kappa shape index (κ2) is 2.70. The van der Waals surface area contributed by atoms with E-state index in [4.69, 9.17) is 5.73 Å². The highest BCUT2D eigenvalue weighted by Gasteiger charge is 2.20. The molecule has 1 aromatic carbocycles. The molecule has 0 aliphatic heterocycles. The Kier molecular flexibility index (Phi) is 1.68. The van der Waals surface area contributed by atoms with Gasteiger partial charge in [0.05, 0.1) is 0 Å². The summed E-state index contributed by atoms with van der Waals surface area (Å²) in [6.45, 7) is 2.02. The van der Waals surface area contributed by atoms with Crippen LogP contribution in [0.4, 0.5) is 11.4 Å². The number of hydrogen-bond donors (Lipinski definition) is 2. The van der Waals surface area contributed by atoms with Crippen molar-refractivity contribution in [2.24, 2.45) is 0 Å². The maximum atomic E-state index is 5.78. The Labute approximate surface area is 72.8 Å². The van der Waals surface area contributed by atoms with Gasteiger partial charge in [0.1, 0.15) is 0 Å². The zero-order valence-electron chi connectivity index (χ0n) is 7.30. The molecule has 0 heterocycles. The van der Waals surface area contributed by atoms with Crippen molar-refractivity contribution in [1.29, 1.82) is 0 Å². The van der Waals surface area contributed by atoms with Crippen LogP contribution >= 0.6 is 0 Å². The molecule has 0 amide bonds. The van der Waals surface area contributed by atoms with E-state index >= 15 is 0 Å². The summed E-state index contributed by atoms with van der Waals surface area (Å²) in [5, 5.41) is 3.40. The van der Waals surface area contributed by atoms with Crippen molar-refractivity contribution in [2.45, 2.75) is 25.8 Å². The molecule has 0 spiro atoms. The van der Waals surface area contributed by atoms with Crippen molar-refractivity contribution in [3.05, 3.63) is 23.8 Å². The van der Waals surface area contributed by atoms with Gasteiger partial charge in [0, 0.05) is 17.4 Å². The van der Waals surface area contributed by atoms with Crippen LogP contribution in [0.2, 0.25) is 0 Å². The molecule has 0 saturated heterocycles. The van der Waals surface area contributed by atoms with E-state index < -0.39 is 0 Å². The first kappa shape index (κ1) is 7.47. The molecule has 1 aliphatic rings. The SMILES string of the molecule is Cc1ccc(NC2CC2)cc1N. The highest BCUT2D eigenvalue weighted by Crippen LogP contribution is 2.26. The molecule has 0 atom stereocenters. The zero-order valence-corrected chi connectivity index (χ0v) is 7.30. The second-order valence-corrected chi connectivity index (χ2v) is 3.49. The van der Waals surface area contributed by atoms with E-state index in [0.29, 0.717) is 6.04 Å². The topological polar surface area (TPSA) is 38.0 Å². The largest absolute Gasteiger partial charge is 0.398 e. The molecule has 1 fully saturated rings. The van der Waals surface area contributed by atoms with Crippen molar-refractivity contribution in [3.8, 4) is 0 Å². The van der Waals surface area contributed by atoms with Gasteiger partial charge in [-0.2, -0.15) is 0 Å². The van der Waals surface area contributed by atoms with E-state index in [0.717, 1.165) is 16.9 Å². The maximum absolute atomic E-state index is 5.78. The lowest BCUT2D eigenvalue weighted by molar-refractivity contribution is 1.15. The molecule has 0 radical (unpaired) electrons. The minimum atomic E-state index is 0.701. The van der Waals surface area contributed by atoms with Crippen molar-refractivity contribution < 1.29 is 0 Å². The van der Waals surface area contributed by atoms with Gasteiger partial charge >= 0.3 is 0 Å². The molecule has 0 unspecified atom stereocenters. The summed E-state index contributed by atoms with van der Waals surface area (Å²) in [5.41, 5.74) is 8.96. The monoisotopic (exact) mass is 162 g/mol. The number of aryl methyl sites for hydroxylation is 1. The van der Waals surface area contributed by atoms with Crippen molar-refractivity contribution in [1.82, 2.24) is 0 Å². The van der Waals surface area contributed by atoms with Crippen LogP contribution in [0.5, 0.6) is 0 Å². The van der Waals surface area contributed by atoms with Gasteiger partial charge in [0.25, 0.3) is 0 Å². The summed E-state index contributed by atoms with van der Waals surface area (Å²) in [6, 6.07) is 6.85. The van der Waals surface area contributed by atoms with Gasteiger partial charge in [-0.05, 0) is 37.5 Å². The highest BCUT2D eigenvalue weighted by molar-refractivity contribution is 5.59. The van der Waals surface area contributed by atoms with Gasteiger partial charge in [-0.1, -0.05) is 6.07 Å². The Morgan fingerprint density at radius 3 is 2.75 bits per heavy atom. The van der Waals surface area contributed by atoms with Crippen molar-refractivity contribution >= 4 is 11.4 Å². The summed E-state index contributed by atoms with van der Waals surface area (Å²) >= 11 is 0. The number of nitrogens with two attached hydrogens (primary N) is 1. The minimum Gasteiger partial charge on any atom is -0.398 e. The van der Waals surface area contributed by atoms with Gasteiger partial charge in [-0.25, -0.2) is 0 Å². The number of hydrogen-bond acceptors (Lipinski definition) is 2. The lowest BCUT2D eigenvalue weighted by Gasteiger charge is -2.06. The van der Waals surface area contributed by atoms with E-state index in [1.807, 2.05) is 13.0 Å². The Bertz CT molecular complexity index is 290. The third-order valence-electron chi connectivity index (χ3n) is 2.23. The molecule has 0 aromatic heterocycles. The summed E-state index contributed by atoms with van der Waals surface area (Å²) in [6.07, 6.45) is 2.60. The quantitative estimate of drug-likeness (QED) is 0.654. The average Bonchev–Trinajstić information content (AvgIpc) is 2.81. The fraction of sp³-hybridized carbons (Fsp3) is 0.400. The standard InChI is InChI=1S/C10H14N2/c1-7-2-3-9(6-10(7)11)12-8-4-5-8/h2-3,6,8,12H,4-5,11H2,1H3. The van der Waals surface area contributed by atoms with Crippen LogP contribution in [0, 0.1) is 6.92 Å². The summed E-state index contributed by atoms with van der Waals surface area (Å²) in [7, 11) is 0. The van der Waals surface area contributed by atoms with Crippen molar-refractivity contribution in [3.63, 3.8) is 0 Å². The molecule has 64 valence electrons. The number of anilines is 2. The molecular formula is C10H14N2. The zero-order chi connectivity index (χ0) is 8.55. The van der Waals surface area contributed by atoms with Crippen molar-refractivity contribution in [2.75, 3.05) is 11.1 Å². The third kappa shape index (κ3) is 1.52. The predicted octanol–water partition coefficient (Wildman–Crippen LogP) is 2.15. The molecule has 1 aromatic rings. The van der Waals surface area contributed by atoms with Crippen LogP contribution in [0.3, 0.4) is 0 Å². The fourth-order valence-corrected chi connectivity index (χ4v) is 1.19. The fourth-order valence-electron chi connectivity index (χ4n) is 1.19. The minimum absolute atomic E-state index is 0.701. The molecule has 12 heavy (non-hydrogen) atoms. The Hall–Kier alpha value is -1.18. The van der Waals surface area contributed by atoms with Crippen LogP contribution in [-0.4, -0.2) is 6.04 Å². The third-order valence-corrected chi connectivity index (χ3v) is 2.23. The maximum Gasteiger partial charge on any atom is 0.0364 e. The Morgan fingerprint density at radius 2 is 2.17 bits per heavy atom. The molecule has 1 saturated carbocycles. The summed E-state index contributed by atoms with van der Waals surface area (Å²) in [4.78, 5) is 0. The first-order valence-corrected chi connectivity index (χ1v) is 4.38. The lowest BCUT2D eigenvalue weighted by atomic mass is 10.2. The van der Waals surface area contributed by atoms with Crippen LogP contribution < -0.4 is 11.1 Å². The van der Waals surface area contributed by atoms with E-state index in [2.05, 4.69) is 17.4 Å². The van der Waals surface area contributed by atoms with E-state index in [1.54, 1.807) is 0 Å². The first-order chi connectivity index (χ1) is 5.75. The molecular weight excluding hydrogens is 148 g/mol. The van der Waals surface area contributed by atoms with Gasteiger partial charge in [-0.3, -0.25) is 0 Å². The number of nitrogen functional groups attached to an aromatic ring is 1. The molecule has 2 heteroatoms. The Morgan fingerprint density at radius 1 is 1.42 bits per heavy atom. The lowest BCUT2D eigenvalue weighted by Crippen LogP contribution is -2.01. The normalized spacial score (nSPS) is 16.1. The van der Waals surface area contributed by atoms with Crippen LogP contribution in [0.1, 0.15) is 18.4 Å². The number of rotatable bonds is 2. The average molecular weight is 162 g/mol. The smallest absolute Gasteiger partial charge is 0.0364 e. The predicted molar refractivity (Wildman–Crippen MR) is 52.2 cm³/mol. The summed E-state index contributed by atoms with van der Waals surface area (Å²) in [5.74, 6) is 0. The molecule has 2 nitrogen and oxygen atoms in total. The second-order valence-electron chi connectivity index (χ2n) is 3.49. The van der Waals surface area contributed by atoms with E-state index in [1.165, 1.54) is 12.8 Å². The Balaban J connectivity index is 2.15. The van der Waals surface area contributed by atoms with Crippen LogP contribution in [0.25, 0.3) is 0 Å². The number of nitrogens with one attached hydrogen (secondary N) is 1. The van der Waals surface area contributed by atoms with Gasteiger partial charge in [0.2, 0.25) is 0 Å². The molecule has 3 N–H and O–H groups in total.